The largest absolute Gasteiger partial charge is 0.457 e. The van der Waals surface area contributed by atoms with Crippen molar-refractivity contribution in [2.45, 2.75) is 19.8 Å². The highest BCUT2D eigenvalue weighted by atomic mass is 16.5. The van der Waals surface area contributed by atoms with Gasteiger partial charge in [0.15, 0.2) is 0 Å². The van der Waals surface area contributed by atoms with Crippen molar-refractivity contribution in [3.63, 3.8) is 0 Å². The molecule has 0 saturated carbocycles. The van der Waals surface area contributed by atoms with Crippen LogP contribution in [0.4, 0.5) is 5.69 Å². The Morgan fingerprint density at radius 3 is 2.85 bits per heavy atom. The Morgan fingerprint density at radius 2 is 2.11 bits per heavy atom. The molecule has 0 spiro atoms. The summed E-state index contributed by atoms with van der Waals surface area (Å²) in [4.78, 5) is 28.2. The van der Waals surface area contributed by atoms with E-state index in [-0.39, 0.29) is 23.4 Å². The fraction of sp³-hybridized carbons (Fsp3) is 0.350. The summed E-state index contributed by atoms with van der Waals surface area (Å²) in [7, 11) is 1.55. The zero-order valence-corrected chi connectivity index (χ0v) is 15.5. The fourth-order valence-corrected chi connectivity index (χ4v) is 2.96. The number of nitrogens with zero attached hydrogens (tertiary/aromatic N) is 1. The Balaban J connectivity index is 1.73. The smallest absolute Gasteiger partial charge is 0.269 e. The van der Waals surface area contributed by atoms with Crippen molar-refractivity contribution in [3.8, 4) is 11.5 Å². The molecule has 1 aromatic heterocycles. The van der Waals surface area contributed by atoms with E-state index in [1.165, 1.54) is 6.20 Å². The monoisotopic (exact) mass is 368 g/mol. The number of anilines is 1. The summed E-state index contributed by atoms with van der Waals surface area (Å²) in [6.45, 7) is 3.60. The second kappa shape index (κ2) is 8.64. The van der Waals surface area contributed by atoms with Crippen molar-refractivity contribution in [1.82, 2.24) is 15.6 Å². The first-order valence-electron chi connectivity index (χ1n) is 9.05. The van der Waals surface area contributed by atoms with Crippen LogP contribution in [0.2, 0.25) is 0 Å². The van der Waals surface area contributed by atoms with Crippen molar-refractivity contribution in [2.24, 2.45) is 5.92 Å². The molecule has 1 saturated heterocycles. The molecule has 0 bridgehead atoms. The molecule has 2 aromatic rings. The molecule has 7 nitrogen and oxygen atoms in total. The van der Waals surface area contributed by atoms with Crippen LogP contribution in [0.5, 0.6) is 11.5 Å². The molecular formula is C20H24N4O3. The highest BCUT2D eigenvalue weighted by molar-refractivity contribution is 5.93. The predicted molar refractivity (Wildman–Crippen MR) is 103 cm³/mol. The molecule has 142 valence electrons. The van der Waals surface area contributed by atoms with Gasteiger partial charge in [-0.1, -0.05) is 6.07 Å². The lowest BCUT2D eigenvalue weighted by atomic mass is 9.99. The lowest BCUT2D eigenvalue weighted by Crippen LogP contribution is -2.37. The maximum Gasteiger partial charge on any atom is 0.269 e. The normalized spacial score (nSPS) is 16.4. The van der Waals surface area contributed by atoms with Crippen LogP contribution in [0, 0.1) is 12.8 Å². The van der Waals surface area contributed by atoms with E-state index in [0.29, 0.717) is 23.7 Å². The van der Waals surface area contributed by atoms with Crippen LogP contribution in [0.1, 0.15) is 28.9 Å². The Kier molecular flexibility index (Phi) is 6.03. The number of carbonyl (C=O) groups excluding carboxylic acids is 2. The number of nitrogens with one attached hydrogen (secondary N) is 3. The molecule has 3 N–H and O–H groups in total. The number of amides is 2. The molecule has 3 rings (SSSR count). The van der Waals surface area contributed by atoms with Crippen LogP contribution in [0.15, 0.2) is 36.5 Å². The predicted octanol–water partition coefficient (Wildman–Crippen LogP) is 2.48. The van der Waals surface area contributed by atoms with Gasteiger partial charge in [-0.25, -0.2) is 0 Å². The van der Waals surface area contributed by atoms with Crippen molar-refractivity contribution in [3.05, 3.63) is 47.8 Å². The van der Waals surface area contributed by atoms with Crippen molar-refractivity contribution >= 4 is 17.5 Å². The van der Waals surface area contributed by atoms with Gasteiger partial charge in [0.1, 0.15) is 17.2 Å². The maximum atomic E-state index is 12.4. The molecule has 2 amide bonds. The third kappa shape index (κ3) is 4.83. The lowest BCUT2D eigenvalue weighted by molar-refractivity contribution is -0.120. The van der Waals surface area contributed by atoms with Crippen LogP contribution in [0.3, 0.4) is 0 Å². The number of rotatable bonds is 5. The van der Waals surface area contributed by atoms with Crippen LogP contribution in [0.25, 0.3) is 0 Å². The van der Waals surface area contributed by atoms with E-state index in [4.69, 9.17) is 4.74 Å². The van der Waals surface area contributed by atoms with Gasteiger partial charge in [0.25, 0.3) is 5.91 Å². The average Bonchev–Trinajstić information content (AvgIpc) is 2.70. The van der Waals surface area contributed by atoms with E-state index >= 15 is 0 Å². The van der Waals surface area contributed by atoms with Gasteiger partial charge < -0.3 is 20.7 Å². The zero-order chi connectivity index (χ0) is 19.2. The lowest BCUT2D eigenvalue weighted by Gasteiger charge is -2.22. The van der Waals surface area contributed by atoms with Crippen LogP contribution < -0.4 is 20.7 Å². The van der Waals surface area contributed by atoms with Crippen LogP contribution in [-0.2, 0) is 4.79 Å². The summed E-state index contributed by atoms with van der Waals surface area (Å²) in [5, 5.41) is 8.75. The molecule has 27 heavy (non-hydrogen) atoms. The Labute approximate surface area is 158 Å². The quantitative estimate of drug-likeness (QED) is 0.754. The molecule has 0 aliphatic carbocycles. The first-order valence-corrected chi connectivity index (χ1v) is 9.05. The van der Waals surface area contributed by atoms with E-state index in [1.54, 1.807) is 25.2 Å². The minimum Gasteiger partial charge on any atom is -0.457 e. The maximum absolute atomic E-state index is 12.4. The molecule has 1 aliphatic rings. The second-order valence-electron chi connectivity index (χ2n) is 6.57. The number of aromatic nitrogens is 1. The summed E-state index contributed by atoms with van der Waals surface area (Å²) in [6.07, 6.45) is 3.43. The number of carbonyl (C=O) groups is 2. The van der Waals surface area contributed by atoms with Crippen molar-refractivity contribution < 1.29 is 14.3 Å². The highest BCUT2D eigenvalue weighted by Crippen LogP contribution is 2.28. The van der Waals surface area contributed by atoms with E-state index in [1.807, 2.05) is 19.1 Å². The van der Waals surface area contributed by atoms with Crippen molar-refractivity contribution in [2.75, 3.05) is 25.5 Å². The average molecular weight is 368 g/mol. The Hall–Kier alpha value is -2.93. The standard InChI is InChI=1S/C20H24N4O3/c1-13-5-6-15(24-19(25)14-4-3-8-22-12-14)10-18(13)27-16-7-9-23-17(11-16)20(26)21-2/h5-7,9-11,14,22H,3-4,8,12H2,1-2H3,(H,21,26)(H,24,25). The molecule has 1 fully saturated rings. The Morgan fingerprint density at radius 1 is 1.26 bits per heavy atom. The van der Waals surface area contributed by atoms with Crippen LogP contribution in [-0.4, -0.2) is 36.9 Å². The van der Waals surface area contributed by atoms with Crippen molar-refractivity contribution in [1.29, 1.82) is 0 Å². The summed E-state index contributed by atoms with van der Waals surface area (Å²) in [6, 6.07) is 8.81. The van der Waals surface area contributed by atoms with Gasteiger partial charge in [-0.2, -0.15) is 0 Å². The number of benzene rings is 1. The minimum absolute atomic E-state index is 0.0141. The molecule has 1 atom stereocenters. The summed E-state index contributed by atoms with van der Waals surface area (Å²) in [5.41, 5.74) is 1.89. The van der Waals surface area contributed by atoms with E-state index in [0.717, 1.165) is 24.9 Å². The zero-order valence-electron chi connectivity index (χ0n) is 15.5. The molecular weight excluding hydrogens is 344 g/mol. The number of aryl methyl sites for hydroxylation is 1. The van der Waals surface area contributed by atoms with E-state index < -0.39 is 0 Å². The number of hydrogen-bond donors (Lipinski definition) is 3. The molecule has 0 radical (unpaired) electrons. The van der Waals surface area contributed by atoms with Gasteiger partial charge in [-0.15, -0.1) is 0 Å². The minimum atomic E-state index is -0.278. The number of ether oxygens (including phenoxy) is 1. The van der Waals surface area contributed by atoms with Gasteiger partial charge in [0.05, 0.1) is 5.92 Å². The van der Waals surface area contributed by atoms with Crippen LogP contribution >= 0.6 is 0 Å². The van der Waals surface area contributed by atoms with E-state index in [2.05, 4.69) is 20.9 Å². The summed E-state index contributed by atoms with van der Waals surface area (Å²) < 4.78 is 5.93. The molecule has 2 heterocycles. The topological polar surface area (TPSA) is 92.4 Å². The molecule has 1 unspecified atom stereocenters. The Bertz CT molecular complexity index is 832. The van der Waals surface area contributed by atoms with Gasteiger partial charge in [-0.3, -0.25) is 14.6 Å². The first kappa shape index (κ1) is 18.8. The van der Waals surface area contributed by atoms with Gasteiger partial charge >= 0.3 is 0 Å². The second-order valence-corrected chi connectivity index (χ2v) is 6.57. The molecule has 7 heteroatoms. The third-order valence-corrected chi connectivity index (χ3v) is 4.54. The molecule has 1 aliphatic heterocycles. The SMILES string of the molecule is CNC(=O)c1cc(Oc2cc(NC(=O)C3CCCNC3)ccc2C)ccn1. The van der Waals surface area contributed by atoms with E-state index in [9.17, 15) is 9.59 Å². The van der Waals surface area contributed by atoms with Gasteiger partial charge in [0.2, 0.25) is 5.91 Å². The first-order chi connectivity index (χ1) is 13.1. The number of piperidine rings is 1. The fourth-order valence-electron chi connectivity index (χ4n) is 2.96. The van der Waals surface area contributed by atoms with Gasteiger partial charge in [-0.05, 0) is 44.0 Å². The number of pyridine rings is 1. The molecule has 1 aromatic carbocycles. The number of hydrogen-bond acceptors (Lipinski definition) is 5. The van der Waals surface area contributed by atoms with Gasteiger partial charge in [0, 0.05) is 37.6 Å². The highest BCUT2D eigenvalue weighted by Gasteiger charge is 2.21. The summed E-state index contributed by atoms with van der Waals surface area (Å²) >= 11 is 0. The third-order valence-electron chi connectivity index (χ3n) is 4.54. The summed E-state index contributed by atoms with van der Waals surface area (Å²) in [5.74, 6) is 0.845.